The number of phenolic OH excluding ortho intramolecular Hbond substituents is 2. The Kier molecular flexibility index (Phi) is 3.96. The predicted octanol–water partition coefficient (Wildman–Crippen LogP) is 4.92. The van der Waals surface area contributed by atoms with Gasteiger partial charge in [0.25, 0.3) is 0 Å². The van der Waals surface area contributed by atoms with Crippen LogP contribution in [0.5, 0.6) is 17.2 Å². The van der Waals surface area contributed by atoms with Crippen molar-refractivity contribution in [2.24, 2.45) is 0 Å². The van der Waals surface area contributed by atoms with Gasteiger partial charge in [-0.25, -0.2) is 0 Å². The summed E-state index contributed by atoms with van der Waals surface area (Å²) in [5, 5.41) is 21.7. The normalized spacial score (nSPS) is 17.5. The second kappa shape index (κ2) is 6.03. The highest BCUT2D eigenvalue weighted by atomic mass is 16.5. The molecule has 2 aromatic carbocycles. The lowest BCUT2D eigenvalue weighted by atomic mass is 9.79. The molecule has 3 aromatic rings. The van der Waals surface area contributed by atoms with Crippen LogP contribution in [0, 0.1) is 0 Å². The highest BCUT2D eigenvalue weighted by molar-refractivity contribution is 5.99. The van der Waals surface area contributed by atoms with Crippen molar-refractivity contribution >= 4 is 21.9 Å². The van der Waals surface area contributed by atoms with E-state index in [0.29, 0.717) is 17.7 Å². The zero-order valence-electron chi connectivity index (χ0n) is 16.7. The lowest BCUT2D eigenvalue weighted by Crippen LogP contribution is -2.29. The average molecular weight is 380 g/mol. The van der Waals surface area contributed by atoms with E-state index < -0.39 is 5.41 Å². The molecule has 5 nitrogen and oxygen atoms in total. The summed E-state index contributed by atoms with van der Waals surface area (Å²) in [4.78, 5) is 13.3. The van der Waals surface area contributed by atoms with Crippen LogP contribution in [0.4, 0.5) is 0 Å². The van der Waals surface area contributed by atoms with Gasteiger partial charge in [0, 0.05) is 16.5 Å². The first-order valence-electron chi connectivity index (χ1n) is 9.41. The van der Waals surface area contributed by atoms with E-state index in [1.165, 1.54) is 6.07 Å². The fourth-order valence-electron chi connectivity index (χ4n) is 3.84. The Morgan fingerprint density at radius 2 is 1.93 bits per heavy atom. The third-order valence-corrected chi connectivity index (χ3v) is 5.82. The number of allylic oxidation sites excluding steroid dienone is 2. The quantitative estimate of drug-likeness (QED) is 0.487. The van der Waals surface area contributed by atoms with Gasteiger partial charge < -0.3 is 19.4 Å². The first kappa shape index (κ1) is 18.4. The van der Waals surface area contributed by atoms with E-state index in [0.717, 1.165) is 11.1 Å². The Labute approximate surface area is 162 Å². The van der Waals surface area contributed by atoms with E-state index in [-0.39, 0.29) is 45.0 Å². The molecule has 4 rings (SSSR count). The molecular formula is C23H24O5. The molecule has 0 fully saturated rings. The first-order valence-corrected chi connectivity index (χ1v) is 9.41. The van der Waals surface area contributed by atoms with E-state index in [2.05, 4.69) is 0 Å². The molecule has 0 bridgehead atoms. The van der Waals surface area contributed by atoms with Gasteiger partial charge in [-0.05, 0) is 39.3 Å². The van der Waals surface area contributed by atoms with Crippen molar-refractivity contribution in [3.05, 3.63) is 51.2 Å². The summed E-state index contributed by atoms with van der Waals surface area (Å²) in [5.41, 5.74) is 2.06. The van der Waals surface area contributed by atoms with Crippen molar-refractivity contribution in [1.29, 1.82) is 0 Å². The van der Waals surface area contributed by atoms with Gasteiger partial charge in [-0.1, -0.05) is 31.6 Å². The van der Waals surface area contributed by atoms with Crippen LogP contribution in [0.3, 0.4) is 0 Å². The molecule has 1 aromatic heterocycles. The summed E-state index contributed by atoms with van der Waals surface area (Å²) in [5.74, 6) is 0.344. The SMILES string of the molecule is CC(C)=CCc1c2c(c3oc4c(O)cccc4c(=O)c3c1O)C(C)(C)[C@@H](C)O2. The minimum absolute atomic E-state index is 0.108. The molecule has 0 saturated heterocycles. The predicted molar refractivity (Wildman–Crippen MR) is 110 cm³/mol. The Balaban J connectivity index is 2.23. The molecule has 0 saturated carbocycles. The number of benzene rings is 2. The number of para-hydroxylation sites is 1. The van der Waals surface area contributed by atoms with Crippen LogP contribution in [-0.2, 0) is 11.8 Å². The Bertz CT molecular complexity index is 1210. The van der Waals surface area contributed by atoms with Crippen molar-refractivity contribution in [2.45, 2.75) is 52.6 Å². The van der Waals surface area contributed by atoms with E-state index in [1.807, 2.05) is 40.7 Å². The van der Waals surface area contributed by atoms with Gasteiger partial charge in [-0.15, -0.1) is 0 Å². The van der Waals surface area contributed by atoms with Gasteiger partial charge in [-0.3, -0.25) is 4.79 Å². The highest BCUT2D eigenvalue weighted by Crippen LogP contribution is 2.52. The molecule has 1 atom stereocenters. The van der Waals surface area contributed by atoms with Crippen molar-refractivity contribution in [2.75, 3.05) is 0 Å². The zero-order chi connectivity index (χ0) is 20.4. The molecule has 2 N–H and O–H groups in total. The van der Waals surface area contributed by atoms with E-state index in [1.54, 1.807) is 12.1 Å². The van der Waals surface area contributed by atoms with Crippen molar-refractivity contribution in [3.8, 4) is 17.2 Å². The van der Waals surface area contributed by atoms with Gasteiger partial charge in [0.15, 0.2) is 11.3 Å². The van der Waals surface area contributed by atoms with Crippen LogP contribution in [0.15, 0.2) is 39.1 Å². The van der Waals surface area contributed by atoms with Crippen LogP contribution < -0.4 is 10.2 Å². The molecule has 0 radical (unpaired) electrons. The molecular weight excluding hydrogens is 356 g/mol. The highest BCUT2D eigenvalue weighted by Gasteiger charge is 2.44. The maximum Gasteiger partial charge on any atom is 0.204 e. The maximum absolute atomic E-state index is 13.3. The molecule has 0 amide bonds. The van der Waals surface area contributed by atoms with Gasteiger partial charge in [0.1, 0.15) is 28.6 Å². The van der Waals surface area contributed by atoms with Crippen LogP contribution in [0.25, 0.3) is 21.9 Å². The minimum Gasteiger partial charge on any atom is -0.507 e. The largest absolute Gasteiger partial charge is 0.507 e. The monoisotopic (exact) mass is 380 g/mol. The third-order valence-electron chi connectivity index (χ3n) is 5.82. The van der Waals surface area contributed by atoms with Crippen molar-refractivity contribution in [3.63, 3.8) is 0 Å². The number of ether oxygens (including phenoxy) is 1. The fourth-order valence-corrected chi connectivity index (χ4v) is 3.84. The van der Waals surface area contributed by atoms with Gasteiger partial charge >= 0.3 is 0 Å². The van der Waals surface area contributed by atoms with E-state index in [9.17, 15) is 15.0 Å². The zero-order valence-corrected chi connectivity index (χ0v) is 16.7. The van der Waals surface area contributed by atoms with Gasteiger partial charge in [0.05, 0.1) is 5.39 Å². The topological polar surface area (TPSA) is 79.9 Å². The molecule has 0 aliphatic carbocycles. The van der Waals surface area contributed by atoms with Crippen LogP contribution in [-0.4, -0.2) is 16.3 Å². The number of aromatic hydroxyl groups is 2. The maximum atomic E-state index is 13.3. The van der Waals surface area contributed by atoms with E-state index >= 15 is 0 Å². The van der Waals surface area contributed by atoms with Crippen molar-refractivity contribution < 1.29 is 19.4 Å². The smallest absolute Gasteiger partial charge is 0.204 e. The number of phenols is 2. The third kappa shape index (κ3) is 2.42. The molecule has 146 valence electrons. The van der Waals surface area contributed by atoms with Crippen LogP contribution >= 0.6 is 0 Å². The standard InChI is InChI=1S/C23H24O5/c1-11(2)9-10-14-19(26)16-18(25)13-7-6-8-15(24)20(13)28-22(16)17-21(14)27-12(3)23(17,4)5/h6-9,12,24,26H,10H2,1-5H3/t12-/m1/s1. The summed E-state index contributed by atoms with van der Waals surface area (Å²) >= 11 is 0. The average Bonchev–Trinajstić information content (AvgIpc) is 2.85. The van der Waals surface area contributed by atoms with E-state index in [4.69, 9.17) is 9.15 Å². The molecule has 1 aliphatic rings. The number of fused-ring (bicyclic) bond motifs is 4. The molecule has 28 heavy (non-hydrogen) atoms. The Morgan fingerprint density at radius 3 is 2.61 bits per heavy atom. The van der Waals surface area contributed by atoms with Crippen LogP contribution in [0.1, 0.15) is 45.7 Å². The Hall–Kier alpha value is -2.95. The second-order valence-corrected chi connectivity index (χ2v) is 8.29. The molecule has 0 unspecified atom stereocenters. The molecule has 0 spiro atoms. The van der Waals surface area contributed by atoms with Gasteiger partial charge in [-0.2, -0.15) is 0 Å². The first-order chi connectivity index (χ1) is 13.1. The minimum atomic E-state index is -0.435. The van der Waals surface area contributed by atoms with Crippen LogP contribution in [0.2, 0.25) is 0 Å². The molecule has 1 aliphatic heterocycles. The molecule has 5 heteroatoms. The lowest BCUT2D eigenvalue weighted by molar-refractivity contribution is 0.184. The summed E-state index contributed by atoms with van der Waals surface area (Å²) in [7, 11) is 0. The number of rotatable bonds is 2. The number of hydrogen-bond acceptors (Lipinski definition) is 5. The number of hydrogen-bond donors (Lipinski definition) is 2. The summed E-state index contributed by atoms with van der Waals surface area (Å²) < 4.78 is 12.2. The fraction of sp³-hybridized carbons (Fsp3) is 0.348. The molecule has 2 heterocycles. The van der Waals surface area contributed by atoms with Gasteiger partial charge in [0.2, 0.25) is 5.43 Å². The second-order valence-electron chi connectivity index (χ2n) is 8.29. The Morgan fingerprint density at radius 1 is 1.21 bits per heavy atom. The van der Waals surface area contributed by atoms with Crippen molar-refractivity contribution in [1.82, 2.24) is 0 Å². The summed E-state index contributed by atoms with van der Waals surface area (Å²) in [6, 6.07) is 4.65. The summed E-state index contributed by atoms with van der Waals surface area (Å²) in [6.07, 6.45) is 2.28. The lowest BCUT2D eigenvalue weighted by Gasteiger charge is -2.22. The summed E-state index contributed by atoms with van der Waals surface area (Å²) in [6.45, 7) is 9.98.